The van der Waals surface area contributed by atoms with Gasteiger partial charge in [-0.2, -0.15) is 13.2 Å². The van der Waals surface area contributed by atoms with Crippen LogP contribution in [0.25, 0.3) is 0 Å². The van der Waals surface area contributed by atoms with Crippen LogP contribution >= 0.6 is 11.6 Å². The van der Waals surface area contributed by atoms with Gasteiger partial charge in [0.2, 0.25) is 5.88 Å². The van der Waals surface area contributed by atoms with E-state index in [0.29, 0.717) is 0 Å². The molecule has 0 aliphatic heterocycles. The van der Waals surface area contributed by atoms with E-state index in [2.05, 4.69) is 9.97 Å². The molecule has 94 valence electrons. The van der Waals surface area contributed by atoms with Crippen LogP contribution in [-0.4, -0.2) is 9.97 Å². The monoisotopic (exact) mass is 274 g/mol. The Morgan fingerprint density at radius 1 is 1.11 bits per heavy atom. The van der Waals surface area contributed by atoms with E-state index in [4.69, 9.17) is 16.3 Å². The van der Waals surface area contributed by atoms with E-state index in [1.165, 1.54) is 18.2 Å². The fourth-order valence-corrected chi connectivity index (χ4v) is 1.37. The highest BCUT2D eigenvalue weighted by atomic mass is 35.5. The van der Waals surface area contributed by atoms with Gasteiger partial charge >= 0.3 is 6.18 Å². The summed E-state index contributed by atoms with van der Waals surface area (Å²) in [4.78, 5) is 7.36. The topological polar surface area (TPSA) is 35.0 Å². The first-order valence-corrected chi connectivity index (χ1v) is 5.15. The highest BCUT2D eigenvalue weighted by molar-refractivity contribution is 6.29. The summed E-state index contributed by atoms with van der Waals surface area (Å²) in [6.07, 6.45) is -3.26. The summed E-state index contributed by atoms with van der Waals surface area (Å²) >= 11 is 5.60. The molecule has 0 atom stereocenters. The van der Waals surface area contributed by atoms with Crippen LogP contribution in [0.1, 0.15) is 5.56 Å². The van der Waals surface area contributed by atoms with Crippen molar-refractivity contribution in [1.82, 2.24) is 9.97 Å². The van der Waals surface area contributed by atoms with E-state index in [0.717, 1.165) is 18.5 Å². The second-order valence-corrected chi connectivity index (χ2v) is 3.69. The molecule has 0 bridgehead atoms. The van der Waals surface area contributed by atoms with Gasteiger partial charge in [-0.25, -0.2) is 9.97 Å². The van der Waals surface area contributed by atoms with Crippen molar-refractivity contribution in [2.45, 2.75) is 6.18 Å². The van der Waals surface area contributed by atoms with Crippen LogP contribution in [0, 0.1) is 0 Å². The summed E-state index contributed by atoms with van der Waals surface area (Å²) in [7, 11) is 0. The molecule has 2 rings (SSSR count). The average Bonchev–Trinajstić information content (AvgIpc) is 2.28. The lowest BCUT2D eigenvalue weighted by molar-refractivity contribution is -0.137. The van der Waals surface area contributed by atoms with Crippen molar-refractivity contribution < 1.29 is 17.9 Å². The van der Waals surface area contributed by atoms with Gasteiger partial charge < -0.3 is 4.74 Å². The maximum Gasteiger partial charge on any atom is 0.416 e. The van der Waals surface area contributed by atoms with Gasteiger partial charge in [0.1, 0.15) is 17.2 Å². The Labute approximate surface area is 105 Å². The lowest BCUT2D eigenvalue weighted by Crippen LogP contribution is -2.04. The second-order valence-electron chi connectivity index (χ2n) is 3.31. The van der Waals surface area contributed by atoms with Gasteiger partial charge in [-0.15, -0.1) is 0 Å². The predicted octanol–water partition coefficient (Wildman–Crippen LogP) is 3.94. The van der Waals surface area contributed by atoms with Crippen molar-refractivity contribution in [1.29, 1.82) is 0 Å². The fraction of sp³-hybridized carbons (Fsp3) is 0.0909. The van der Waals surface area contributed by atoms with Crippen molar-refractivity contribution in [2.75, 3.05) is 0 Å². The average molecular weight is 275 g/mol. The summed E-state index contributed by atoms with van der Waals surface area (Å²) in [5.74, 6) is 0.105. The molecule has 7 heteroatoms. The van der Waals surface area contributed by atoms with E-state index in [9.17, 15) is 13.2 Å². The number of hydrogen-bond donors (Lipinski definition) is 0. The maximum atomic E-state index is 12.5. The quantitative estimate of drug-likeness (QED) is 0.778. The Kier molecular flexibility index (Phi) is 3.38. The van der Waals surface area contributed by atoms with Crippen LogP contribution < -0.4 is 4.74 Å². The zero-order valence-corrected chi connectivity index (χ0v) is 9.53. The van der Waals surface area contributed by atoms with Crippen LogP contribution in [0.4, 0.5) is 13.2 Å². The highest BCUT2D eigenvalue weighted by Crippen LogP contribution is 2.32. The van der Waals surface area contributed by atoms with Crippen molar-refractivity contribution >= 4 is 11.6 Å². The molecular formula is C11H6ClF3N2O. The third kappa shape index (κ3) is 3.10. The Morgan fingerprint density at radius 3 is 2.56 bits per heavy atom. The van der Waals surface area contributed by atoms with E-state index >= 15 is 0 Å². The Morgan fingerprint density at radius 2 is 1.89 bits per heavy atom. The second kappa shape index (κ2) is 4.81. The van der Waals surface area contributed by atoms with Crippen LogP contribution in [0.2, 0.25) is 5.15 Å². The Bertz CT molecular complexity index is 560. The summed E-state index contributed by atoms with van der Waals surface area (Å²) in [5.41, 5.74) is -0.792. The molecule has 1 aromatic carbocycles. The first kappa shape index (κ1) is 12.6. The number of halogens is 4. The minimum Gasteiger partial charge on any atom is -0.439 e. The third-order valence-electron chi connectivity index (χ3n) is 1.99. The molecule has 0 N–H and O–H groups in total. The SMILES string of the molecule is FC(F)(F)c1cccc(Oc2cc(Cl)ncn2)c1. The minimum absolute atomic E-state index is 0.0274. The van der Waals surface area contributed by atoms with E-state index in [1.54, 1.807) is 0 Å². The summed E-state index contributed by atoms with van der Waals surface area (Å²) in [6.45, 7) is 0. The molecule has 0 spiro atoms. The lowest BCUT2D eigenvalue weighted by atomic mass is 10.2. The van der Waals surface area contributed by atoms with Crippen molar-refractivity contribution in [3.63, 3.8) is 0 Å². The van der Waals surface area contributed by atoms with Crippen LogP contribution in [0.3, 0.4) is 0 Å². The largest absolute Gasteiger partial charge is 0.439 e. The maximum absolute atomic E-state index is 12.5. The first-order chi connectivity index (χ1) is 8.45. The van der Waals surface area contributed by atoms with Gasteiger partial charge in [0, 0.05) is 6.07 Å². The molecule has 2 aromatic rings. The summed E-state index contributed by atoms with van der Waals surface area (Å²) < 4.78 is 42.6. The molecule has 0 saturated carbocycles. The van der Waals surface area contributed by atoms with Crippen LogP contribution in [0.5, 0.6) is 11.6 Å². The highest BCUT2D eigenvalue weighted by Gasteiger charge is 2.30. The van der Waals surface area contributed by atoms with Gasteiger partial charge in [0.25, 0.3) is 0 Å². The van der Waals surface area contributed by atoms with Gasteiger partial charge in [0.15, 0.2) is 0 Å². The number of ether oxygens (including phenoxy) is 1. The number of nitrogens with zero attached hydrogens (tertiary/aromatic N) is 2. The summed E-state index contributed by atoms with van der Waals surface area (Å²) in [5, 5.41) is 0.145. The number of rotatable bonds is 2. The number of benzene rings is 1. The van der Waals surface area contributed by atoms with Gasteiger partial charge in [-0.05, 0) is 18.2 Å². The number of alkyl halides is 3. The molecule has 0 amide bonds. The lowest BCUT2D eigenvalue weighted by Gasteiger charge is -2.09. The van der Waals surface area contributed by atoms with E-state index in [1.807, 2.05) is 0 Å². The first-order valence-electron chi connectivity index (χ1n) is 4.78. The van der Waals surface area contributed by atoms with Gasteiger partial charge in [-0.3, -0.25) is 0 Å². The predicted molar refractivity (Wildman–Crippen MR) is 58.6 cm³/mol. The molecule has 1 aromatic heterocycles. The van der Waals surface area contributed by atoms with Crippen molar-refractivity contribution in [3.05, 3.63) is 47.4 Å². The van der Waals surface area contributed by atoms with Crippen molar-refractivity contribution in [2.24, 2.45) is 0 Å². The molecule has 0 aliphatic rings. The van der Waals surface area contributed by atoms with Gasteiger partial charge in [0.05, 0.1) is 5.56 Å². The summed E-state index contributed by atoms with van der Waals surface area (Å²) in [6, 6.07) is 5.80. The molecule has 0 fully saturated rings. The Hall–Kier alpha value is -1.82. The van der Waals surface area contributed by atoms with E-state index in [-0.39, 0.29) is 16.8 Å². The molecule has 0 aliphatic carbocycles. The molecular weight excluding hydrogens is 269 g/mol. The number of hydrogen-bond acceptors (Lipinski definition) is 3. The normalized spacial score (nSPS) is 11.3. The minimum atomic E-state index is -4.41. The van der Waals surface area contributed by atoms with Crippen LogP contribution in [-0.2, 0) is 6.18 Å². The molecule has 0 radical (unpaired) electrons. The van der Waals surface area contributed by atoms with Crippen molar-refractivity contribution in [3.8, 4) is 11.6 Å². The Balaban J connectivity index is 2.25. The standard InChI is InChI=1S/C11H6ClF3N2O/c12-9-5-10(17-6-16-9)18-8-3-1-2-7(4-8)11(13,14)15/h1-6H. The zero-order valence-electron chi connectivity index (χ0n) is 8.78. The smallest absolute Gasteiger partial charge is 0.416 e. The third-order valence-corrected chi connectivity index (χ3v) is 2.20. The molecule has 18 heavy (non-hydrogen) atoms. The van der Waals surface area contributed by atoms with Crippen LogP contribution in [0.15, 0.2) is 36.7 Å². The zero-order chi connectivity index (χ0) is 13.2. The molecule has 3 nitrogen and oxygen atoms in total. The fourth-order valence-electron chi connectivity index (χ4n) is 1.23. The molecule has 1 heterocycles. The van der Waals surface area contributed by atoms with E-state index < -0.39 is 11.7 Å². The van der Waals surface area contributed by atoms with Gasteiger partial charge in [-0.1, -0.05) is 17.7 Å². The molecule has 0 saturated heterocycles. The molecule has 0 unspecified atom stereocenters. The number of aromatic nitrogens is 2.